The van der Waals surface area contributed by atoms with Crippen LogP contribution in [0.25, 0.3) is 0 Å². The van der Waals surface area contributed by atoms with Gasteiger partial charge in [0.25, 0.3) is 0 Å². The van der Waals surface area contributed by atoms with Crippen LogP contribution in [0.15, 0.2) is 42.5 Å². The van der Waals surface area contributed by atoms with E-state index in [0.717, 1.165) is 0 Å². The van der Waals surface area contributed by atoms with Gasteiger partial charge in [0.05, 0.1) is 18.4 Å². The summed E-state index contributed by atoms with van der Waals surface area (Å²) < 4.78 is 31.4. The SMILES string of the molecule is COC(=O)c1ccc(CS(=O)(=O)NCc2ccc(Cl)cc2Cl)cc1. The first kappa shape index (κ1) is 18.7. The van der Waals surface area contributed by atoms with Crippen LogP contribution >= 0.6 is 23.2 Å². The Kier molecular flexibility index (Phi) is 6.23. The fourth-order valence-corrected chi connectivity index (χ4v) is 3.56. The number of rotatable bonds is 6. The molecule has 0 heterocycles. The lowest BCUT2D eigenvalue weighted by molar-refractivity contribution is 0.0600. The maximum atomic E-state index is 12.2. The quantitative estimate of drug-likeness (QED) is 0.770. The third kappa shape index (κ3) is 5.21. The first-order chi connectivity index (χ1) is 11.3. The summed E-state index contributed by atoms with van der Waals surface area (Å²) in [5.41, 5.74) is 1.54. The third-order valence-corrected chi connectivity index (χ3v) is 5.11. The summed E-state index contributed by atoms with van der Waals surface area (Å²) in [6.45, 7) is 0.0680. The van der Waals surface area contributed by atoms with Gasteiger partial charge in [-0.3, -0.25) is 0 Å². The average molecular weight is 388 g/mol. The molecule has 0 fully saturated rings. The number of sulfonamides is 1. The van der Waals surface area contributed by atoms with E-state index in [9.17, 15) is 13.2 Å². The maximum absolute atomic E-state index is 12.2. The molecular weight excluding hydrogens is 373 g/mol. The van der Waals surface area contributed by atoms with Crippen LogP contribution in [0.5, 0.6) is 0 Å². The summed E-state index contributed by atoms with van der Waals surface area (Å²) in [6.07, 6.45) is 0. The number of ether oxygens (including phenoxy) is 1. The molecule has 0 aliphatic carbocycles. The summed E-state index contributed by atoms with van der Waals surface area (Å²) in [7, 11) is -2.27. The highest BCUT2D eigenvalue weighted by Gasteiger charge is 2.13. The summed E-state index contributed by atoms with van der Waals surface area (Å²) in [4.78, 5) is 11.4. The van der Waals surface area contributed by atoms with E-state index in [4.69, 9.17) is 23.2 Å². The number of benzene rings is 2. The van der Waals surface area contributed by atoms with Crippen LogP contribution in [0.3, 0.4) is 0 Å². The Labute approximate surface area is 150 Å². The van der Waals surface area contributed by atoms with Crippen LogP contribution in [0.4, 0.5) is 0 Å². The molecule has 2 rings (SSSR count). The first-order valence-electron chi connectivity index (χ1n) is 6.89. The van der Waals surface area contributed by atoms with E-state index in [0.29, 0.717) is 26.7 Å². The Balaban J connectivity index is 2.01. The smallest absolute Gasteiger partial charge is 0.337 e. The molecular formula is C16H15Cl2NO4S. The van der Waals surface area contributed by atoms with Gasteiger partial charge in [-0.25, -0.2) is 17.9 Å². The lowest BCUT2D eigenvalue weighted by atomic mass is 10.1. The second-order valence-electron chi connectivity index (χ2n) is 5.00. The van der Waals surface area contributed by atoms with Gasteiger partial charge in [0.15, 0.2) is 0 Å². The van der Waals surface area contributed by atoms with E-state index in [1.165, 1.54) is 19.2 Å². The molecule has 0 spiro atoms. The highest BCUT2D eigenvalue weighted by molar-refractivity contribution is 7.88. The Morgan fingerprint density at radius 1 is 1.12 bits per heavy atom. The van der Waals surface area contributed by atoms with Gasteiger partial charge >= 0.3 is 5.97 Å². The summed E-state index contributed by atoms with van der Waals surface area (Å²) in [6, 6.07) is 11.0. The number of hydrogen-bond acceptors (Lipinski definition) is 4. The van der Waals surface area contributed by atoms with Gasteiger partial charge in [0, 0.05) is 16.6 Å². The van der Waals surface area contributed by atoms with E-state index in [-0.39, 0.29) is 12.3 Å². The molecule has 0 aromatic heterocycles. The zero-order valence-corrected chi connectivity index (χ0v) is 15.1. The molecule has 0 bridgehead atoms. The highest BCUT2D eigenvalue weighted by Crippen LogP contribution is 2.21. The van der Waals surface area contributed by atoms with Gasteiger partial charge < -0.3 is 4.74 Å². The molecule has 0 aliphatic heterocycles. The van der Waals surface area contributed by atoms with E-state index in [2.05, 4.69) is 9.46 Å². The standard InChI is InChI=1S/C16H15Cl2NO4S/c1-23-16(20)12-4-2-11(3-5-12)10-24(21,22)19-9-13-6-7-14(17)8-15(13)18/h2-8,19H,9-10H2,1H3. The largest absolute Gasteiger partial charge is 0.465 e. The molecule has 0 radical (unpaired) electrons. The number of esters is 1. The Morgan fingerprint density at radius 2 is 1.79 bits per heavy atom. The minimum absolute atomic E-state index is 0.0680. The molecule has 5 nitrogen and oxygen atoms in total. The first-order valence-corrected chi connectivity index (χ1v) is 9.30. The number of carbonyl (C=O) groups is 1. The zero-order chi connectivity index (χ0) is 17.7. The molecule has 0 amide bonds. The molecule has 2 aromatic rings. The van der Waals surface area contributed by atoms with Crippen molar-refractivity contribution in [3.05, 3.63) is 69.2 Å². The third-order valence-electron chi connectivity index (χ3n) is 3.23. The van der Waals surface area contributed by atoms with Crippen molar-refractivity contribution < 1.29 is 17.9 Å². The predicted octanol–water partition coefficient (Wildman–Crippen LogP) is 3.40. The fraction of sp³-hybridized carbons (Fsp3) is 0.188. The van der Waals surface area contributed by atoms with Crippen molar-refractivity contribution in [2.75, 3.05) is 7.11 Å². The van der Waals surface area contributed by atoms with Gasteiger partial charge in [0.2, 0.25) is 10.0 Å². The van der Waals surface area contributed by atoms with Crippen LogP contribution < -0.4 is 4.72 Å². The summed E-state index contributed by atoms with van der Waals surface area (Å²) in [5.74, 6) is -0.681. The topological polar surface area (TPSA) is 72.5 Å². The molecule has 24 heavy (non-hydrogen) atoms. The molecule has 2 aromatic carbocycles. The number of halogens is 2. The molecule has 0 saturated carbocycles. The zero-order valence-electron chi connectivity index (χ0n) is 12.8. The van der Waals surface area contributed by atoms with Gasteiger partial charge in [-0.15, -0.1) is 0 Å². The van der Waals surface area contributed by atoms with Gasteiger partial charge in [-0.2, -0.15) is 0 Å². The van der Waals surface area contributed by atoms with Crippen molar-refractivity contribution in [3.8, 4) is 0 Å². The Bertz CT molecular complexity index is 836. The van der Waals surface area contributed by atoms with Crippen LogP contribution in [0, 0.1) is 0 Å². The molecule has 0 atom stereocenters. The molecule has 0 saturated heterocycles. The van der Waals surface area contributed by atoms with Gasteiger partial charge in [-0.05, 0) is 35.4 Å². The molecule has 0 aliphatic rings. The van der Waals surface area contributed by atoms with E-state index in [1.54, 1.807) is 30.3 Å². The van der Waals surface area contributed by atoms with Crippen molar-refractivity contribution in [3.63, 3.8) is 0 Å². The van der Waals surface area contributed by atoms with E-state index in [1.807, 2.05) is 0 Å². The van der Waals surface area contributed by atoms with Gasteiger partial charge in [-0.1, -0.05) is 41.4 Å². The van der Waals surface area contributed by atoms with Crippen LogP contribution in [-0.4, -0.2) is 21.5 Å². The highest BCUT2D eigenvalue weighted by atomic mass is 35.5. The molecule has 8 heteroatoms. The van der Waals surface area contributed by atoms with Crippen molar-refractivity contribution >= 4 is 39.2 Å². The maximum Gasteiger partial charge on any atom is 0.337 e. The minimum Gasteiger partial charge on any atom is -0.465 e. The van der Waals surface area contributed by atoms with Gasteiger partial charge in [0.1, 0.15) is 0 Å². The lowest BCUT2D eigenvalue weighted by Crippen LogP contribution is -2.24. The summed E-state index contributed by atoms with van der Waals surface area (Å²) in [5, 5.41) is 0.880. The summed E-state index contributed by atoms with van der Waals surface area (Å²) >= 11 is 11.8. The van der Waals surface area contributed by atoms with E-state index >= 15 is 0 Å². The second-order valence-corrected chi connectivity index (χ2v) is 7.65. The number of carbonyl (C=O) groups excluding carboxylic acids is 1. The van der Waals surface area contributed by atoms with Crippen molar-refractivity contribution in [1.82, 2.24) is 4.72 Å². The van der Waals surface area contributed by atoms with E-state index < -0.39 is 16.0 Å². The predicted molar refractivity (Wildman–Crippen MR) is 93.7 cm³/mol. The average Bonchev–Trinajstić information content (AvgIpc) is 2.53. The van der Waals surface area contributed by atoms with Crippen LogP contribution in [0.2, 0.25) is 10.0 Å². The minimum atomic E-state index is -3.56. The normalized spacial score (nSPS) is 11.3. The number of nitrogens with one attached hydrogen (secondary N) is 1. The van der Waals surface area contributed by atoms with Crippen LogP contribution in [-0.2, 0) is 27.1 Å². The lowest BCUT2D eigenvalue weighted by Gasteiger charge is -2.09. The molecule has 128 valence electrons. The monoisotopic (exact) mass is 387 g/mol. The Hall–Kier alpha value is -1.60. The fourth-order valence-electron chi connectivity index (χ4n) is 1.98. The van der Waals surface area contributed by atoms with Crippen molar-refractivity contribution in [2.24, 2.45) is 0 Å². The second kappa shape index (κ2) is 7.98. The molecule has 0 unspecified atom stereocenters. The number of hydrogen-bond donors (Lipinski definition) is 1. The van der Waals surface area contributed by atoms with Crippen molar-refractivity contribution in [1.29, 1.82) is 0 Å². The Morgan fingerprint density at radius 3 is 2.38 bits per heavy atom. The number of methoxy groups -OCH3 is 1. The van der Waals surface area contributed by atoms with Crippen molar-refractivity contribution in [2.45, 2.75) is 12.3 Å². The van der Waals surface area contributed by atoms with Crippen LogP contribution in [0.1, 0.15) is 21.5 Å². The molecule has 1 N–H and O–H groups in total.